The van der Waals surface area contributed by atoms with E-state index in [1.54, 1.807) is 47.8 Å². The van der Waals surface area contributed by atoms with Gasteiger partial charge in [-0.3, -0.25) is 9.78 Å². The Hall–Kier alpha value is -2.60. The molecule has 0 spiro atoms. The summed E-state index contributed by atoms with van der Waals surface area (Å²) in [5.74, 6) is 0.979. The van der Waals surface area contributed by atoms with E-state index in [1.807, 2.05) is 18.2 Å². The second-order valence-electron chi connectivity index (χ2n) is 5.72. The fourth-order valence-electron chi connectivity index (χ4n) is 2.50. The predicted molar refractivity (Wildman–Crippen MR) is 98.9 cm³/mol. The van der Waals surface area contributed by atoms with Crippen LogP contribution in [0.1, 0.15) is 17.7 Å². The summed E-state index contributed by atoms with van der Waals surface area (Å²) >= 11 is 1.35. The fraction of sp³-hybridized carbons (Fsp3) is 0.200. The van der Waals surface area contributed by atoms with E-state index in [-0.39, 0.29) is 11.7 Å². The van der Waals surface area contributed by atoms with E-state index in [2.05, 4.69) is 4.98 Å². The number of carbonyl (C=O) groups excluding carboxylic acids is 1. The van der Waals surface area contributed by atoms with E-state index >= 15 is 0 Å². The van der Waals surface area contributed by atoms with E-state index < -0.39 is 0 Å². The molecule has 6 heteroatoms. The first kappa shape index (κ1) is 18.2. The third-order valence-electron chi connectivity index (χ3n) is 3.79. The Labute approximate surface area is 156 Å². The number of rotatable bonds is 8. The number of thioether (sulfide) groups is 1. The van der Waals surface area contributed by atoms with Crippen LogP contribution in [0.5, 0.6) is 0 Å². The molecule has 0 aliphatic rings. The van der Waals surface area contributed by atoms with Gasteiger partial charge in [0.2, 0.25) is 5.91 Å². The molecule has 0 fully saturated rings. The van der Waals surface area contributed by atoms with Crippen LogP contribution in [0, 0.1) is 5.82 Å². The van der Waals surface area contributed by atoms with Crippen LogP contribution >= 0.6 is 11.8 Å². The highest BCUT2D eigenvalue weighted by molar-refractivity contribution is 7.99. The number of amides is 1. The molecule has 0 aliphatic carbocycles. The van der Waals surface area contributed by atoms with Gasteiger partial charge >= 0.3 is 0 Å². The third kappa shape index (κ3) is 5.20. The third-order valence-corrected chi connectivity index (χ3v) is 4.84. The van der Waals surface area contributed by atoms with Gasteiger partial charge in [-0.25, -0.2) is 4.39 Å². The molecule has 3 aromatic rings. The molecule has 0 saturated carbocycles. The van der Waals surface area contributed by atoms with E-state index in [9.17, 15) is 9.18 Å². The summed E-state index contributed by atoms with van der Waals surface area (Å²) in [5.41, 5.74) is 0.953. The summed E-state index contributed by atoms with van der Waals surface area (Å²) in [6.07, 6.45) is 5.36. The molecule has 0 aliphatic heterocycles. The SMILES string of the molecule is O=C(CCSc1ccccc1F)N(Cc1cccnc1)Cc1ccco1. The van der Waals surface area contributed by atoms with Crippen molar-refractivity contribution in [3.8, 4) is 0 Å². The second kappa shape index (κ2) is 9.20. The highest BCUT2D eigenvalue weighted by atomic mass is 32.2. The van der Waals surface area contributed by atoms with E-state index in [0.29, 0.717) is 30.2 Å². The van der Waals surface area contributed by atoms with Crippen molar-refractivity contribution < 1.29 is 13.6 Å². The number of hydrogen-bond acceptors (Lipinski definition) is 4. The first-order valence-corrected chi connectivity index (χ1v) is 9.27. The largest absolute Gasteiger partial charge is 0.467 e. The number of carbonyl (C=O) groups is 1. The predicted octanol–water partition coefficient (Wildman–Crippen LogP) is 4.52. The monoisotopic (exact) mass is 370 g/mol. The maximum Gasteiger partial charge on any atom is 0.224 e. The maximum atomic E-state index is 13.7. The smallest absolute Gasteiger partial charge is 0.224 e. The molecule has 26 heavy (non-hydrogen) atoms. The first-order valence-electron chi connectivity index (χ1n) is 8.29. The van der Waals surface area contributed by atoms with E-state index in [1.165, 1.54) is 17.8 Å². The molecular formula is C20H19FN2O2S. The summed E-state index contributed by atoms with van der Waals surface area (Å²) in [5, 5.41) is 0. The van der Waals surface area contributed by atoms with Crippen molar-refractivity contribution >= 4 is 17.7 Å². The molecule has 1 aromatic carbocycles. The van der Waals surface area contributed by atoms with Gasteiger partial charge in [0, 0.05) is 36.0 Å². The van der Waals surface area contributed by atoms with Crippen LogP contribution in [0.3, 0.4) is 0 Å². The summed E-state index contributed by atoms with van der Waals surface area (Å²) in [6, 6.07) is 14.0. The minimum absolute atomic E-state index is 0.00547. The lowest BCUT2D eigenvalue weighted by Crippen LogP contribution is -2.30. The number of halogens is 1. The molecule has 134 valence electrons. The number of pyridine rings is 1. The van der Waals surface area contributed by atoms with Crippen molar-refractivity contribution in [3.05, 3.63) is 84.3 Å². The van der Waals surface area contributed by atoms with Crippen LogP contribution in [-0.2, 0) is 17.9 Å². The highest BCUT2D eigenvalue weighted by Crippen LogP contribution is 2.22. The van der Waals surface area contributed by atoms with Crippen molar-refractivity contribution in [3.63, 3.8) is 0 Å². The molecule has 0 radical (unpaired) electrons. The zero-order valence-electron chi connectivity index (χ0n) is 14.2. The van der Waals surface area contributed by atoms with Crippen molar-refractivity contribution in [2.75, 3.05) is 5.75 Å². The average molecular weight is 370 g/mol. The van der Waals surface area contributed by atoms with Crippen LogP contribution in [0.25, 0.3) is 0 Å². The molecule has 2 heterocycles. The molecule has 0 atom stereocenters. The van der Waals surface area contributed by atoms with Crippen LogP contribution in [0.2, 0.25) is 0 Å². The minimum atomic E-state index is -0.257. The molecule has 0 unspecified atom stereocenters. The van der Waals surface area contributed by atoms with E-state index in [0.717, 1.165) is 11.3 Å². The zero-order chi connectivity index (χ0) is 18.2. The number of nitrogens with zero attached hydrogens (tertiary/aromatic N) is 2. The standard InChI is InChI=1S/C20H19FN2O2S/c21-18-7-1-2-8-19(18)26-12-9-20(24)23(15-17-6-4-11-25-17)14-16-5-3-10-22-13-16/h1-8,10-11,13H,9,12,14-15H2. The maximum absolute atomic E-state index is 13.7. The lowest BCUT2D eigenvalue weighted by Gasteiger charge is -2.21. The van der Waals surface area contributed by atoms with Gasteiger partial charge in [-0.05, 0) is 35.9 Å². The molecule has 3 rings (SSSR count). The molecule has 2 aromatic heterocycles. The van der Waals surface area contributed by atoms with Crippen molar-refractivity contribution in [2.24, 2.45) is 0 Å². The topological polar surface area (TPSA) is 46.3 Å². The number of aromatic nitrogens is 1. The molecule has 0 N–H and O–H groups in total. The van der Waals surface area contributed by atoms with Gasteiger partial charge < -0.3 is 9.32 Å². The quantitative estimate of drug-likeness (QED) is 0.547. The second-order valence-corrected chi connectivity index (χ2v) is 6.86. The number of hydrogen-bond donors (Lipinski definition) is 0. The minimum Gasteiger partial charge on any atom is -0.467 e. The van der Waals surface area contributed by atoms with Gasteiger partial charge in [-0.1, -0.05) is 18.2 Å². The Morgan fingerprint density at radius 1 is 1.12 bits per heavy atom. The van der Waals surface area contributed by atoms with Gasteiger partial charge in [0.15, 0.2) is 0 Å². The fourth-order valence-corrected chi connectivity index (χ4v) is 3.38. The Morgan fingerprint density at radius 3 is 2.73 bits per heavy atom. The normalized spacial score (nSPS) is 10.7. The summed E-state index contributed by atoms with van der Waals surface area (Å²) in [4.78, 5) is 19.1. The molecule has 0 saturated heterocycles. The molecule has 4 nitrogen and oxygen atoms in total. The van der Waals surface area contributed by atoms with Crippen molar-refractivity contribution in [1.29, 1.82) is 0 Å². The van der Waals surface area contributed by atoms with E-state index in [4.69, 9.17) is 4.42 Å². The van der Waals surface area contributed by atoms with Gasteiger partial charge in [0.05, 0.1) is 12.8 Å². The molecule has 1 amide bonds. The Morgan fingerprint density at radius 2 is 2.00 bits per heavy atom. The Balaban J connectivity index is 1.61. The molecule has 0 bridgehead atoms. The van der Waals surface area contributed by atoms with Crippen LogP contribution in [0.15, 0.2) is 76.5 Å². The van der Waals surface area contributed by atoms with Crippen molar-refractivity contribution in [2.45, 2.75) is 24.4 Å². The van der Waals surface area contributed by atoms with Gasteiger partial charge in [-0.15, -0.1) is 11.8 Å². The number of benzene rings is 1. The lowest BCUT2D eigenvalue weighted by atomic mass is 10.2. The lowest BCUT2D eigenvalue weighted by molar-refractivity contribution is -0.132. The first-order chi connectivity index (χ1) is 12.7. The summed E-state index contributed by atoms with van der Waals surface area (Å²) in [6.45, 7) is 0.850. The average Bonchev–Trinajstić information content (AvgIpc) is 3.17. The van der Waals surface area contributed by atoms with Crippen LogP contribution < -0.4 is 0 Å². The zero-order valence-corrected chi connectivity index (χ0v) is 15.0. The van der Waals surface area contributed by atoms with Gasteiger partial charge in [0.1, 0.15) is 11.6 Å². The van der Waals surface area contributed by atoms with Crippen LogP contribution in [-0.4, -0.2) is 21.5 Å². The molecular weight excluding hydrogens is 351 g/mol. The van der Waals surface area contributed by atoms with Crippen molar-refractivity contribution in [1.82, 2.24) is 9.88 Å². The van der Waals surface area contributed by atoms with Gasteiger partial charge in [-0.2, -0.15) is 0 Å². The van der Waals surface area contributed by atoms with Crippen LogP contribution in [0.4, 0.5) is 4.39 Å². The summed E-state index contributed by atoms with van der Waals surface area (Å²) < 4.78 is 19.1. The highest BCUT2D eigenvalue weighted by Gasteiger charge is 2.16. The summed E-state index contributed by atoms with van der Waals surface area (Å²) in [7, 11) is 0. The Kier molecular flexibility index (Phi) is 6.44. The Bertz CT molecular complexity index is 825. The number of furan rings is 1. The van der Waals surface area contributed by atoms with Gasteiger partial charge in [0.25, 0.3) is 0 Å².